The molecule has 1 unspecified atom stereocenters. The molecule has 0 bridgehead atoms. The van der Waals surface area contributed by atoms with Crippen LogP contribution in [0.3, 0.4) is 0 Å². The second kappa shape index (κ2) is 5.83. The van der Waals surface area contributed by atoms with Crippen LogP contribution in [0.5, 0.6) is 5.75 Å². The van der Waals surface area contributed by atoms with E-state index in [2.05, 4.69) is 11.0 Å². The van der Waals surface area contributed by atoms with Gasteiger partial charge in [-0.15, -0.1) is 0 Å². The van der Waals surface area contributed by atoms with Crippen molar-refractivity contribution in [2.75, 3.05) is 20.2 Å². The number of rotatable bonds is 3. The van der Waals surface area contributed by atoms with E-state index in [0.717, 1.165) is 25.9 Å². The summed E-state index contributed by atoms with van der Waals surface area (Å²) in [7, 11) is 1.47. The van der Waals surface area contributed by atoms with E-state index >= 15 is 0 Å². The molecule has 1 heterocycles. The van der Waals surface area contributed by atoms with Gasteiger partial charge in [0.25, 0.3) is 0 Å². The average molecular weight is 248 g/mol. The van der Waals surface area contributed by atoms with Crippen LogP contribution in [0.1, 0.15) is 18.4 Å². The quantitative estimate of drug-likeness (QED) is 0.824. The largest absolute Gasteiger partial charge is 0.494 e. The number of benzene rings is 1. The SMILES string of the molecule is COc1cccc(CN2CCCC(C#N)C2)c1F. The van der Waals surface area contributed by atoms with Crippen molar-refractivity contribution in [3.8, 4) is 11.8 Å². The van der Waals surface area contributed by atoms with Crippen LogP contribution in [0.15, 0.2) is 18.2 Å². The lowest BCUT2D eigenvalue weighted by molar-refractivity contribution is 0.189. The van der Waals surface area contributed by atoms with E-state index in [9.17, 15) is 4.39 Å². The lowest BCUT2D eigenvalue weighted by atomic mass is 9.99. The number of nitriles is 1. The van der Waals surface area contributed by atoms with Gasteiger partial charge in [0, 0.05) is 18.7 Å². The molecular formula is C14H17FN2O. The lowest BCUT2D eigenvalue weighted by Crippen LogP contribution is -2.34. The van der Waals surface area contributed by atoms with Gasteiger partial charge >= 0.3 is 0 Å². The summed E-state index contributed by atoms with van der Waals surface area (Å²) in [6.07, 6.45) is 1.96. The summed E-state index contributed by atoms with van der Waals surface area (Å²) in [6.45, 7) is 2.20. The van der Waals surface area contributed by atoms with Gasteiger partial charge in [0.2, 0.25) is 0 Å². The minimum Gasteiger partial charge on any atom is -0.494 e. The van der Waals surface area contributed by atoms with Crippen molar-refractivity contribution >= 4 is 0 Å². The summed E-state index contributed by atoms with van der Waals surface area (Å²) < 4.78 is 19.0. The van der Waals surface area contributed by atoms with E-state index in [0.29, 0.717) is 12.1 Å². The van der Waals surface area contributed by atoms with Crippen molar-refractivity contribution in [1.29, 1.82) is 5.26 Å². The van der Waals surface area contributed by atoms with Crippen LogP contribution in [-0.4, -0.2) is 25.1 Å². The highest BCUT2D eigenvalue weighted by atomic mass is 19.1. The molecule has 0 aliphatic carbocycles. The minimum absolute atomic E-state index is 0.0763. The van der Waals surface area contributed by atoms with Crippen LogP contribution in [0.2, 0.25) is 0 Å². The number of hydrogen-bond acceptors (Lipinski definition) is 3. The van der Waals surface area contributed by atoms with E-state index in [1.807, 2.05) is 0 Å². The van der Waals surface area contributed by atoms with E-state index in [-0.39, 0.29) is 17.5 Å². The minimum atomic E-state index is -0.293. The molecule has 2 rings (SSSR count). The molecule has 0 N–H and O–H groups in total. The Morgan fingerprint density at radius 2 is 2.39 bits per heavy atom. The molecular weight excluding hydrogens is 231 g/mol. The molecule has 1 atom stereocenters. The van der Waals surface area contributed by atoms with Gasteiger partial charge in [-0.25, -0.2) is 4.39 Å². The van der Waals surface area contributed by atoms with Gasteiger partial charge < -0.3 is 4.74 Å². The Balaban J connectivity index is 2.07. The van der Waals surface area contributed by atoms with Gasteiger partial charge in [0.1, 0.15) is 0 Å². The molecule has 1 fully saturated rings. The molecule has 3 nitrogen and oxygen atoms in total. The number of halogens is 1. The molecule has 1 saturated heterocycles. The third-order valence-electron chi connectivity index (χ3n) is 3.35. The topological polar surface area (TPSA) is 36.3 Å². The first-order valence-corrected chi connectivity index (χ1v) is 6.18. The van der Waals surface area contributed by atoms with Crippen LogP contribution in [0.25, 0.3) is 0 Å². The van der Waals surface area contributed by atoms with Gasteiger partial charge in [0.15, 0.2) is 11.6 Å². The number of nitrogens with zero attached hydrogens (tertiary/aromatic N) is 2. The van der Waals surface area contributed by atoms with Crippen LogP contribution in [0.4, 0.5) is 4.39 Å². The second-order valence-electron chi connectivity index (χ2n) is 4.64. The average Bonchev–Trinajstić information content (AvgIpc) is 2.41. The lowest BCUT2D eigenvalue weighted by Gasteiger charge is -2.29. The first-order chi connectivity index (χ1) is 8.74. The zero-order valence-electron chi connectivity index (χ0n) is 10.5. The van der Waals surface area contributed by atoms with Crippen molar-refractivity contribution in [2.24, 2.45) is 5.92 Å². The van der Waals surface area contributed by atoms with Crippen molar-refractivity contribution in [3.63, 3.8) is 0 Å². The van der Waals surface area contributed by atoms with E-state index in [4.69, 9.17) is 10.00 Å². The molecule has 0 spiro atoms. The monoisotopic (exact) mass is 248 g/mol. The molecule has 0 aromatic heterocycles. The summed E-state index contributed by atoms with van der Waals surface area (Å²) in [4.78, 5) is 2.13. The van der Waals surface area contributed by atoms with Gasteiger partial charge in [-0.05, 0) is 25.5 Å². The molecule has 0 radical (unpaired) electrons. The molecule has 96 valence electrons. The standard InChI is InChI=1S/C14H17FN2O/c1-18-13-6-2-5-12(14(13)15)10-17-7-3-4-11(8-16)9-17/h2,5-6,11H,3-4,7,9-10H2,1H3. The molecule has 0 saturated carbocycles. The molecule has 1 aliphatic rings. The maximum absolute atomic E-state index is 14.0. The molecule has 4 heteroatoms. The van der Waals surface area contributed by atoms with Crippen LogP contribution >= 0.6 is 0 Å². The van der Waals surface area contributed by atoms with Crippen molar-refractivity contribution < 1.29 is 9.13 Å². The Morgan fingerprint density at radius 1 is 1.56 bits per heavy atom. The summed E-state index contributed by atoms with van der Waals surface area (Å²) in [6, 6.07) is 7.48. The first kappa shape index (κ1) is 12.8. The number of likely N-dealkylation sites (tertiary alicyclic amines) is 1. The predicted octanol–water partition coefficient (Wildman–Crippen LogP) is 2.57. The highest BCUT2D eigenvalue weighted by Gasteiger charge is 2.20. The normalized spacial score (nSPS) is 20.4. The fourth-order valence-corrected chi connectivity index (χ4v) is 2.38. The number of piperidine rings is 1. The van der Waals surface area contributed by atoms with Gasteiger partial charge in [0.05, 0.1) is 19.1 Å². The Bertz CT molecular complexity index is 456. The van der Waals surface area contributed by atoms with Crippen LogP contribution in [-0.2, 0) is 6.54 Å². The van der Waals surface area contributed by atoms with Crippen molar-refractivity contribution in [1.82, 2.24) is 4.90 Å². The van der Waals surface area contributed by atoms with Gasteiger partial charge in [-0.3, -0.25) is 4.90 Å². The van der Waals surface area contributed by atoms with Crippen molar-refractivity contribution in [2.45, 2.75) is 19.4 Å². The van der Waals surface area contributed by atoms with E-state index in [1.165, 1.54) is 7.11 Å². The summed E-state index contributed by atoms with van der Waals surface area (Å²) >= 11 is 0. The first-order valence-electron chi connectivity index (χ1n) is 6.18. The van der Waals surface area contributed by atoms with Crippen molar-refractivity contribution in [3.05, 3.63) is 29.6 Å². The van der Waals surface area contributed by atoms with Gasteiger partial charge in [-0.2, -0.15) is 5.26 Å². The highest BCUT2D eigenvalue weighted by molar-refractivity contribution is 5.31. The molecule has 0 amide bonds. The zero-order chi connectivity index (χ0) is 13.0. The molecule has 1 aromatic carbocycles. The third kappa shape index (κ3) is 2.80. The fourth-order valence-electron chi connectivity index (χ4n) is 2.38. The molecule has 1 aromatic rings. The number of methoxy groups -OCH3 is 1. The molecule has 18 heavy (non-hydrogen) atoms. The third-order valence-corrected chi connectivity index (χ3v) is 3.35. The number of hydrogen-bond donors (Lipinski definition) is 0. The number of ether oxygens (including phenoxy) is 1. The maximum Gasteiger partial charge on any atom is 0.169 e. The Morgan fingerprint density at radius 3 is 3.11 bits per heavy atom. The second-order valence-corrected chi connectivity index (χ2v) is 4.64. The van der Waals surface area contributed by atoms with Gasteiger partial charge in [-0.1, -0.05) is 12.1 Å². The summed E-state index contributed by atoms with van der Waals surface area (Å²) in [5.74, 6) is 0.0628. The van der Waals surface area contributed by atoms with Crippen LogP contribution in [0, 0.1) is 23.1 Å². The van der Waals surface area contributed by atoms with E-state index in [1.54, 1.807) is 18.2 Å². The van der Waals surface area contributed by atoms with Crippen LogP contribution < -0.4 is 4.74 Å². The predicted molar refractivity (Wildman–Crippen MR) is 66.6 cm³/mol. The molecule has 1 aliphatic heterocycles. The summed E-state index contributed by atoms with van der Waals surface area (Å²) in [5.41, 5.74) is 0.632. The summed E-state index contributed by atoms with van der Waals surface area (Å²) in [5, 5.41) is 8.94. The zero-order valence-corrected chi connectivity index (χ0v) is 10.5. The van der Waals surface area contributed by atoms with E-state index < -0.39 is 0 Å². The highest BCUT2D eigenvalue weighted by Crippen LogP contribution is 2.23. The Labute approximate surface area is 107 Å². The maximum atomic E-state index is 14.0. The smallest absolute Gasteiger partial charge is 0.169 e. The Hall–Kier alpha value is -1.60. The Kier molecular flexibility index (Phi) is 4.16. The fraction of sp³-hybridized carbons (Fsp3) is 0.500.